The van der Waals surface area contributed by atoms with Gasteiger partial charge in [0.05, 0.1) is 17.0 Å². The van der Waals surface area contributed by atoms with E-state index in [1.54, 1.807) is 36.4 Å². The highest BCUT2D eigenvalue weighted by Crippen LogP contribution is 2.11. The summed E-state index contributed by atoms with van der Waals surface area (Å²) in [6.07, 6.45) is 0. The minimum Gasteiger partial charge on any atom is -0.267 e. The second kappa shape index (κ2) is 6.64. The summed E-state index contributed by atoms with van der Waals surface area (Å²) in [7, 11) is 0. The number of aromatic amines is 1. The van der Waals surface area contributed by atoms with E-state index < -0.39 is 17.4 Å². The van der Waals surface area contributed by atoms with Gasteiger partial charge in [0.25, 0.3) is 17.4 Å². The lowest BCUT2D eigenvalue weighted by atomic mass is 10.1. The number of amides is 2. The maximum atomic E-state index is 12.3. The van der Waals surface area contributed by atoms with Crippen molar-refractivity contribution in [3.05, 3.63) is 75.7 Å². The van der Waals surface area contributed by atoms with E-state index in [-0.39, 0.29) is 11.3 Å². The third-order valence-corrected chi connectivity index (χ3v) is 3.45. The summed E-state index contributed by atoms with van der Waals surface area (Å²) in [4.78, 5) is 36.0. The Morgan fingerprint density at radius 2 is 1.72 bits per heavy atom. The predicted octanol–water partition coefficient (Wildman–Crippen LogP) is 0.870. The fourth-order valence-corrected chi connectivity index (χ4v) is 2.26. The van der Waals surface area contributed by atoms with Crippen molar-refractivity contribution in [1.82, 2.24) is 21.0 Å². The van der Waals surface area contributed by atoms with Crippen molar-refractivity contribution in [2.45, 2.75) is 0 Å². The molecule has 0 spiro atoms. The van der Waals surface area contributed by atoms with Crippen LogP contribution in [0.1, 0.15) is 26.4 Å². The molecule has 0 atom stereocenters. The van der Waals surface area contributed by atoms with Gasteiger partial charge in [0.15, 0.2) is 5.69 Å². The second-order valence-electron chi connectivity index (χ2n) is 5.05. The number of nitrogens with zero attached hydrogens (tertiary/aromatic N) is 2. The Hall–Kier alpha value is -3.99. The van der Waals surface area contributed by atoms with Gasteiger partial charge in [-0.2, -0.15) is 10.4 Å². The monoisotopic (exact) mass is 333 g/mol. The Bertz CT molecular complexity index is 1080. The molecular weight excluding hydrogens is 322 g/mol. The lowest BCUT2D eigenvalue weighted by molar-refractivity contribution is 0.0844. The molecule has 2 amide bonds. The molecule has 3 rings (SSSR count). The summed E-state index contributed by atoms with van der Waals surface area (Å²) in [6.45, 7) is 0. The first-order valence-electron chi connectivity index (χ1n) is 7.18. The normalized spacial score (nSPS) is 10.0. The fourth-order valence-electron chi connectivity index (χ4n) is 2.26. The van der Waals surface area contributed by atoms with E-state index in [4.69, 9.17) is 5.26 Å². The van der Waals surface area contributed by atoms with Gasteiger partial charge < -0.3 is 0 Å². The van der Waals surface area contributed by atoms with Gasteiger partial charge in [0.1, 0.15) is 0 Å². The van der Waals surface area contributed by atoms with Crippen LogP contribution in [0.4, 0.5) is 0 Å². The molecule has 0 aliphatic rings. The molecular formula is C17H11N5O3. The minimum atomic E-state index is -0.683. The number of nitrogens with one attached hydrogen (secondary N) is 3. The molecule has 0 saturated heterocycles. The van der Waals surface area contributed by atoms with Crippen molar-refractivity contribution in [2.24, 2.45) is 0 Å². The number of hydrazine groups is 1. The Balaban J connectivity index is 1.79. The van der Waals surface area contributed by atoms with Gasteiger partial charge in [0.2, 0.25) is 0 Å². The molecule has 1 heterocycles. The van der Waals surface area contributed by atoms with Gasteiger partial charge in [-0.3, -0.25) is 25.2 Å². The molecule has 8 heteroatoms. The molecule has 0 aliphatic carbocycles. The molecule has 3 aromatic rings. The quantitative estimate of drug-likeness (QED) is 0.600. The summed E-state index contributed by atoms with van der Waals surface area (Å²) in [5.41, 5.74) is 4.60. The number of H-pyrrole nitrogens is 1. The van der Waals surface area contributed by atoms with E-state index in [0.29, 0.717) is 16.3 Å². The first kappa shape index (κ1) is 15.9. The average Bonchev–Trinajstić information content (AvgIpc) is 2.66. The Labute approximate surface area is 141 Å². The van der Waals surface area contributed by atoms with Crippen LogP contribution >= 0.6 is 0 Å². The first-order chi connectivity index (χ1) is 12.1. The van der Waals surface area contributed by atoms with Crippen LogP contribution in [0.5, 0.6) is 0 Å². The Morgan fingerprint density at radius 3 is 2.48 bits per heavy atom. The van der Waals surface area contributed by atoms with Crippen molar-refractivity contribution in [2.75, 3.05) is 0 Å². The number of hydrogen-bond donors (Lipinski definition) is 3. The number of carbonyl (C=O) groups is 2. The molecule has 0 saturated carbocycles. The van der Waals surface area contributed by atoms with Crippen molar-refractivity contribution >= 4 is 22.6 Å². The molecule has 25 heavy (non-hydrogen) atoms. The maximum Gasteiger partial charge on any atom is 0.290 e. The molecule has 3 N–H and O–H groups in total. The average molecular weight is 333 g/mol. The van der Waals surface area contributed by atoms with E-state index in [1.165, 1.54) is 12.1 Å². The highest BCUT2D eigenvalue weighted by molar-refractivity contribution is 6.05. The molecule has 0 bridgehead atoms. The van der Waals surface area contributed by atoms with Crippen LogP contribution < -0.4 is 16.4 Å². The second-order valence-corrected chi connectivity index (χ2v) is 5.05. The lowest BCUT2D eigenvalue weighted by Gasteiger charge is -2.08. The largest absolute Gasteiger partial charge is 0.290 e. The van der Waals surface area contributed by atoms with Crippen LogP contribution in [0.15, 0.2) is 53.3 Å². The van der Waals surface area contributed by atoms with Gasteiger partial charge in [-0.1, -0.05) is 24.3 Å². The smallest absolute Gasteiger partial charge is 0.267 e. The molecule has 1 aromatic heterocycles. The topological polar surface area (TPSA) is 128 Å². The van der Waals surface area contributed by atoms with E-state index in [2.05, 4.69) is 21.0 Å². The van der Waals surface area contributed by atoms with Crippen molar-refractivity contribution < 1.29 is 9.59 Å². The molecule has 0 radical (unpaired) electrons. The van der Waals surface area contributed by atoms with Crippen molar-refractivity contribution in [1.29, 1.82) is 5.26 Å². The zero-order valence-corrected chi connectivity index (χ0v) is 12.7. The summed E-state index contributed by atoms with van der Waals surface area (Å²) >= 11 is 0. The summed E-state index contributed by atoms with van der Waals surface area (Å²) in [5, 5.41) is 15.5. The lowest BCUT2D eigenvalue weighted by Crippen LogP contribution is -2.42. The standard InChI is InChI=1S/C17H11N5O3/c18-9-10-4-3-5-11(8-10)15(23)20-22-17(25)14-12-6-1-2-7-13(12)16(24)21-19-14/h1-8H,(H,20,23)(H,21,24)(H,22,25). The van der Waals surface area contributed by atoms with Crippen molar-refractivity contribution in [3.63, 3.8) is 0 Å². The first-order valence-corrected chi connectivity index (χ1v) is 7.18. The van der Waals surface area contributed by atoms with Crippen LogP contribution in [0.2, 0.25) is 0 Å². The zero-order valence-electron chi connectivity index (χ0n) is 12.7. The van der Waals surface area contributed by atoms with E-state index in [0.717, 1.165) is 0 Å². The maximum absolute atomic E-state index is 12.3. The summed E-state index contributed by atoms with van der Waals surface area (Å²) in [5.74, 6) is -1.27. The van der Waals surface area contributed by atoms with Gasteiger partial charge >= 0.3 is 0 Å². The highest BCUT2D eigenvalue weighted by Gasteiger charge is 2.15. The number of aromatic nitrogens is 2. The van der Waals surface area contributed by atoms with Gasteiger partial charge in [-0.05, 0) is 24.3 Å². The minimum absolute atomic E-state index is 0.0266. The van der Waals surface area contributed by atoms with E-state index in [9.17, 15) is 14.4 Å². The number of rotatable bonds is 2. The van der Waals surface area contributed by atoms with E-state index in [1.807, 2.05) is 6.07 Å². The Kier molecular flexibility index (Phi) is 4.22. The van der Waals surface area contributed by atoms with Crippen LogP contribution in [-0.4, -0.2) is 22.0 Å². The molecule has 122 valence electrons. The van der Waals surface area contributed by atoms with Crippen LogP contribution in [0.25, 0.3) is 10.8 Å². The number of carbonyl (C=O) groups excluding carboxylic acids is 2. The third kappa shape index (κ3) is 3.20. The number of benzene rings is 2. The van der Waals surface area contributed by atoms with Gasteiger partial charge in [-0.15, -0.1) is 0 Å². The third-order valence-electron chi connectivity index (χ3n) is 3.45. The number of nitriles is 1. The number of hydrogen-bond acceptors (Lipinski definition) is 5. The molecule has 0 aliphatic heterocycles. The molecule has 0 unspecified atom stereocenters. The summed E-state index contributed by atoms with van der Waals surface area (Å²) < 4.78 is 0. The van der Waals surface area contributed by atoms with Crippen LogP contribution in [0, 0.1) is 11.3 Å². The van der Waals surface area contributed by atoms with E-state index >= 15 is 0 Å². The van der Waals surface area contributed by atoms with Gasteiger partial charge in [-0.25, -0.2) is 5.10 Å². The Morgan fingerprint density at radius 1 is 1.00 bits per heavy atom. The number of fused-ring (bicyclic) bond motifs is 1. The van der Waals surface area contributed by atoms with Crippen LogP contribution in [-0.2, 0) is 0 Å². The highest BCUT2D eigenvalue weighted by atomic mass is 16.2. The van der Waals surface area contributed by atoms with Gasteiger partial charge in [0, 0.05) is 10.9 Å². The SMILES string of the molecule is N#Cc1cccc(C(=O)NNC(=O)c2n[nH]c(=O)c3ccccc23)c1. The zero-order chi connectivity index (χ0) is 17.8. The van der Waals surface area contributed by atoms with Crippen LogP contribution in [0.3, 0.4) is 0 Å². The molecule has 0 fully saturated rings. The molecule has 2 aromatic carbocycles. The van der Waals surface area contributed by atoms with Crippen molar-refractivity contribution in [3.8, 4) is 6.07 Å². The predicted molar refractivity (Wildman–Crippen MR) is 88.5 cm³/mol. The molecule has 8 nitrogen and oxygen atoms in total. The summed E-state index contributed by atoms with van der Waals surface area (Å²) in [6, 6.07) is 14.5. The fraction of sp³-hybridized carbons (Fsp3) is 0.